The number of nitrogens with zero attached hydrogens (tertiary/aromatic N) is 1. The third kappa shape index (κ3) is 3.83. The summed E-state index contributed by atoms with van der Waals surface area (Å²) >= 11 is 0. The van der Waals surface area contributed by atoms with Crippen LogP contribution in [-0.2, 0) is 6.54 Å². The summed E-state index contributed by atoms with van der Waals surface area (Å²) in [6.07, 6.45) is 0. The lowest BCUT2D eigenvalue weighted by atomic mass is 10.1. The number of hydrogen-bond acceptors (Lipinski definition) is 3. The Labute approximate surface area is 125 Å². The standard InChI is InChI=1S/C17H21N3O/c1-13-7-8-15(17(18)19)16(11-13)20(9-10-21)12-14-5-3-2-4-6-14/h2-8,11,21H,9-10,12H2,1H3,(H3,18,19). The van der Waals surface area contributed by atoms with Gasteiger partial charge < -0.3 is 15.7 Å². The minimum atomic E-state index is 0.0426. The van der Waals surface area contributed by atoms with Gasteiger partial charge in [-0.3, -0.25) is 5.41 Å². The van der Waals surface area contributed by atoms with Gasteiger partial charge in [-0.25, -0.2) is 0 Å². The number of aryl methyl sites for hydroxylation is 1. The lowest BCUT2D eigenvalue weighted by molar-refractivity contribution is 0.301. The van der Waals surface area contributed by atoms with E-state index < -0.39 is 0 Å². The zero-order valence-electron chi connectivity index (χ0n) is 12.2. The Balaban J connectivity index is 2.37. The fourth-order valence-electron chi connectivity index (χ4n) is 2.34. The van der Waals surface area contributed by atoms with Gasteiger partial charge in [-0.1, -0.05) is 36.4 Å². The van der Waals surface area contributed by atoms with E-state index in [9.17, 15) is 5.11 Å². The molecule has 2 aromatic rings. The third-order valence-corrected chi connectivity index (χ3v) is 3.37. The number of aliphatic hydroxyl groups excluding tert-OH is 1. The predicted molar refractivity (Wildman–Crippen MR) is 86.8 cm³/mol. The van der Waals surface area contributed by atoms with Gasteiger partial charge in [0.25, 0.3) is 0 Å². The van der Waals surface area contributed by atoms with Crippen LogP contribution in [0.2, 0.25) is 0 Å². The van der Waals surface area contributed by atoms with E-state index in [1.807, 2.05) is 55.5 Å². The van der Waals surface area contributed by atoms with Gasteiger partial charge >= 0.3 is 0 Å². The molecule has 0 aromatic heterocycles. The van der Waals surface area contributed by atoms with Crippen molar-refractivity contribution in [3.63, 3.8) is 0 Å². The molecule has 4 heteroatoms. The number of nitrogen functional groups attached to an aromatic ring is 1. The maximum Gasteiger partial charge on any atom is 0.124 e. The zero-order chi connectivity index (χ0) is 15.2. The molecule has 0 aliphatic carbocycles. The largest absolute Gasteiger partial charge is 0.395 e. The molecule has 0 fully saturated rings. The third-order valence-electron chi connectivity index (χ3n) is 3.37. The Bertz CT molecular complexity index is 611. The molecule has 2 rings (SSSR count). The Morgan fingerprint density at radius 1 is 1.19 bits per heavy atom. The topological polar surface area (TPSA) is 73.3 Å². The van der Waals surface area contributed by atoms with Crippen molar-refractivity contribution in [3.8, 4) is 0 Å². The minimum Gasteiger partial charge on any atom is -0.395 e. The molecule has 0 heterocycles. The molecular formula is C17H21N3O. The molecule has 0 aliphatic heterocycles. The average Bonchev–Trinajstić information content (AvgIpc) is 2.47. The molecule has 0 radical (unpaired) electrons. The van der Waals surface area contributed by atoms with Crippen molar-refractivity contribution in [1.29, 1.82) is 5.41 Å². The van der Waals surface area contributed by atoms with E-state index in [4.69, 9.17) is 11.1 Å². The fraction of sp³-hybridized carbons (Fsp3) is 0.235. The number of hydrogen-bond donors (Lipinski definition) is 3. The SMILES string of the molecule is Cc1ccc(C(=N)N)c(N(CCO)Cc2ccccc2)c1. The Kier molecular flexibility index (Phi) is 4.95. The highest BCUT2D eigenvalue weighted by Gasteiger charge is 2.13. The second kappa shape index (κ2) is 6.90. The number of amidine groups is 1. The molecule has 0 saturated heterocycles. The highest BCUT2D eigenvalue weighted by Crippen LogP contribution is 2.23. The van der Waals surface area contributed by atoms with Crippen LogP contribution in [0.25, 0.3) is 0 Å². The van der Waals surface area contributed by atoms with Crippen molar-refractivity contribution in [1.82, 2.24) is 0 Å². The van der Waals surface area contributed by atoms with E-state index in [1.54, 1.807) is 0 Å². The van der Waals surface area contributed by atoms with Crippen LogP contribution in [0, 0.1) is 12.3 Å². The Morgan fingerprint density at radius 2 is 1.90 bits per heavy atom. The average molecular weight is 283 g/mol. The van der Waals surface area contributed by atoms with E-state index >= 15 is 0 Å². The summed E-state index contributed by atoms with van der Waals surface area (Å²) in [7, 11) is 0. The number of aliphatic hydroxyl groups is 1. The molecule has 21 heavy (non-hydrogen) atoms. The lowest BCUT2D eigenvalue weighted by Crippen LogP contribution is -2.29. The predicted octanol–water partition coefficient (Wildman–Crippen LogP) is 2.28. The Morgan fingerprint density at radius 3 is 2.52 bits per heavy atom. The summed E-state index contributed by atoms with van der Waals surface area (Å²) in [5, 5.41) is 17.1. The molecule has 0 aliphatic rings. The quantitative estimate of drug-likeness (QED) is 0.562. The Hall–Kier alpha value is -2.33. The molecule has 0 spiro atoms. The van der Waals surface area contributed by atoms with Crippen molar-refractivity contribution >= 4 is 11.5 Å². The van der Waals surface area contributed by atoms with E-state index in [-0.39, 0.29) is 12.4 Å². The molecule has 0 unspecified atom stereocenters. The summed E-state index contributed by atoms with van der Waals surface area (Å²) < 4.78 is 0. The summed E-state index contributed by atoms with van der Waals surface area (Å²) in [4.78, 5) is 2.05. The van der Waals surface area contributed by atoms with Crippen molar-refractivity contribution in [2.75, 3.05) is 18.1 Å². The lowest BCUT2D eigenvalue weighted by Gasteiger charge is -2.26. The number of rotatable bonds is 6. The first kappa shape index (κ1) is 15.1. The smallest absolute Gasteiger partial charge is 0.124 e. The van der Waals surface area contributed by atoms with Crippen LogP contribution in [0.1, 0.15) is 16.7 Å². The van der Waals surface area contributed by atoms with Gasteiger partial charge in [0.1, 0.15) is 5.84 Å². The van der Waals surface area contributed by atoms with Crippen molar-refractivity contribution in [3.05, 3.63) is 65.2 Å². The molecule has 0 bridgehead atoms. The van der Waals surface area contributed by atoms with Gasteiger partial charge in [-0.15, -0.1) is 0 Å². The van der Waals surface area contributed by atoms with Crippen LogP contribution in [0.15, 0.2) is 48.5 Å². The van der Waals surface area contributed by atoms with Crippen molar-refractivity contribution in [2.45, 2.75) is 13.5 Å². The highest BCUT2D eigenvalue weighted by molar-refractivity contribution is 6.00. The first-order valence-electron chi connectivity index (χ1n) is 6.96. The van der Waals surface area contributed by atoms with Crippen molar-refractivity contribution in [2.24, 2.45) is 5.73 Å². The molecule has 0 atom stereocenters. The highest BCUT2D eigenvalue weighted by atomic mass is 16.3. The van der Waals surface area contributed by atoms with E-state index in [0.29, 0.717) is 18.7 Å². The van der Waals surface area contributed by atoms with Crippen LogP contribution >= 0.6 is 0 Å². The summed E-state index contributed by atoms with van der Waals surface area (Å²) in [5.74, 6) is 0.0426. The molecular weight excluding hydrogens is 262 g/mol. The van der Waals surface area contributed by atoms with Crippen LogP contribution < -0.4 is 10.6 Å². The zero-order valence-corrected chi connectivity index (χ0v) is 12.2. The normalized spacial score (nSPS) is 10.4. The van der Waals surface area contributed by atoms with E-state index in [2.05, 4.69) is 4.90 Å². The molecule has 110 valence electrons. The first-order chi connectivity index (χ1) is 10.1. The molecule has 4 nitrogen and oxygen atoms in total. The summed E-state index contributed by atoms with van der Waals surface area (Å²) in [6.45, 7) is 3.23. The van der Waals surface area contributed by atoms with Gasteiger partial charge in [-0.05, 0) is 30.2 Å². The monoisotopic (exact) mass is 283 g/mol. The van der Waals surface area contributed by atoms with Crippen LogP contribution in [-0.4, -0.2) is 24.1 Å². The maximum absolute atomic E-state index is 9.35. The second-order valence-corrected chi connectivity index (χ2v) is 5.07. The molecule has 0 saturated carbocycles. The van der Waals surface area contributed by atoms with Crippen LogP contribution in [0.4, 0.5) is 5.69 Å². The van der Waals surface area contributed by atoms with Gasteiger partial charge in [0.2, 0.25) is 0 Å². The fourth-order valence-corrected chi connectivity index (χ4v) is 2.34. The van der Waals surface area contributed by atoms with E-state index in [1.165, 1.54) is 0 Å². The second-order valence-electron chi connectivity index (χ2n) is 5.07. The maximum atomic E-state index is 9.35. The number of anilines is 1. The van der Waals surface area contributed by atoms with E-state index in [0.717, 1.165) is 16.8 Å². The summed E-state index contributed by atoms with van der Waals surface area (Å²) in [5.41, 5.74) is 9.53. The number of nitrogens with one attached hydrogen (secondary N) is 1. The van der Waals surface area contributed by atoms with Crippen LogP contribution in [0.3, 0.4) is 0 Å². The number of nitrogens with two attached hydrogens (primary N) is 1. The first-order valence-corrected chi connectivity index (χ1v) is 6.96. The van der Waals surface area contributed by atoms with Crippen molar-refractivity contribution < 1.29 is 5.11 Å². The molecule has 4 N–H and O–H groups in total. The van der Waals surface area contributed by atoms with Gasteiger partial charge in [-0.2, -0.15) is 0 Å². The van der Waals surface area contributed by atoms with Crippen LogP contribution in [0.5, 0.6) is 0 Å². The van der Waals surface area contributed by atoms with Gasteiger partial charge in [0.15, 0.2) is 0 Å². The summed E-state index contributed by atoms with van der Waals surface area (Å²) in [6, 6.07) is 15.9. The molecule has 2 aromatic carbocycles. The molecule has 0 amide bonds. The van der Waals surface area contributed by atoms with Gasteiger partial charge in [0, 0.05) is 24.3 Å². The minimum absolute atomic E-state index is 0.0426. The van der Waals surface area contributed by atoms with Gasteiger partial charge in [0.05, 0.1) is 6.61 Å². The number of benzene rings is 2.